The maximum Gasteiger partial charge on any atom is 0.251 e. The number of nitrogens with zero attached hydrogens (tertiary/aromatic N) is 1. The highest BCUT2D eigenvalue weighted by atomic mass is 35.5. The molecule has 0 saturated heterocycles. The molecule has 2 rings (SSSR count). The zero-order chi connectivity index (χ0) is 11.9. The minimum Gasteiger partial charge on any atom is -0.366 e. The van der Waals surface area contributed by atoms with Crippen molar-refractivity contribution in [3.8, 4) is 0 Å². The fourth-order valence-electron chi connectivity index (χ4n) is 1.52. The molecular formula is C11H8Cl2N2O. The molecule has 2 N–H and O–H groups in total. The number of amides is 1. The van der Waals surface area contributed by atoms with Gasteiger partial charge < -0.3 is 5.73 Å². The number of aromatic nitrogens is 1. The van der Waals surface area contributed by atoms with E-state index in [2.05, 4.69) is 4.98 Å². The van der Waals surface area contributed by atoms with Gasteiger partial charge in [-0.3, -0.25) is 9.78 Å². The van der Waals surface area contributed by atoms with E-state index < -0.39 is 5.91 Å². The summed E-state index contributed by atoms with van der Waals surface area (Å²) in [5.74, 6) is -0.591. The predicted molar refractivity (Wildman–Crippen MR) is 65.0 cm³/mol. The summed E-state index contributed by atoms with van der Waals surface area (Å²) in [7, 11) is 0. The molecule has 1 heterocycles. The summed E-state index contributed by atoms with van der Waals surface area (Å²) < 4.78 is 0. The first-order valence-electron chi connectivity index (χ1n) is 4.55. The maximum atomic E-state index is 11.1. The van der Waals surface area contributed by atoms with Crippen LogP contribution in [0.3, 0.4) is 0 Å². The first-order valence-corrected chi connectivity index (χ1v) is 5.31. The van der Waals surface area contributed by atoms with Crippen molar-refractivity contribution in [1.29, 1.82) is 0 Å². The van der Waals surface area contributed by atoms with Gasteiger partial charge in [-0.25, -0.2) is 0 Å². The maximum absolute atomic E-state index is 11.1. The van der Waals surface area contributed by atoms with Gasteiger partial charge in [0.1, 0.15) is 0 Å². The molecule has 1 amide bonds. The van der Waals surface area contributed by atoms with E-state index in [1.54, 1.807) is 12.1 Å². The molecular weight excluding hydrogens is 247 g/mol. The van der Waals surface area contributed by atoms with E-state index in [4.69, 9.17) is 28.9 Å². The summed E-state index contributed by atoms with van der Waals surface area (Å²) in [6.07, 6.45) is 1.37. The van der Waals surface area contributed by atoms with Gasteiger partial charge in [0.15, 0.2) is 0 Å². The van der Waals surface area contributed by atoms with Crippen molar-refractivity contribution < 1.29 is 4.79 Å². The van der Waals surface area contributed by atoms with Crippen LogP contribution in [0.5, 0.6) is 0 Å². The zero-order valence-corrected chi connectivity index (χ0v) is 9.93. The number of pyridine rings is 1. The number of carbonyl (C=O) groups is 1. The van der Waals surface area contributed by atoms with Crippen LogP contribution in [0.15, 0.2) is 18.3 Å². The van der Waals surface area contributed by atoms with Crippen molar-refractivity contribution in [2.75, 3.05) is 0 Å². The summed E-state index contributed by atoms with van der Waals surface area (Å²) in [6, 6.07) is 3.45. The van der Waals surface area contributed by atoms with Gasteiger partial charge in [0.05, 0.1) is 16.1 Å². The Morgan fingerprint density at radius 1 is 1.38 bits per heavy atom. The van der Waals surface area contributed by atoms with Crippen LogP contribution in [0, 0.1) is 6.92 Å². The van der Waals surface area contributed by atoms with Crippen molar-refractivity contribution in [2.45, 2.75) is 6.92 Å². The van der Waals surface area contributed by atoms with E-state index >= 15 is 0 Å². The van der Waals surface area contributed by atoms with Crippen molar-refractivity contribution in [3.05, 3.63) is 39.5 Å². The first-order chi connectivity index (χ1) is 7.52. The van der Waals surface area contributed by atoms with Crippen LogP contribution in [0.4, 0.5) is 0 Å². The lowest BCUT2D eigenvalue weighted by Crippen LogP contribution is -2.12. The second-order valence-corrected chi connectivity index (χ2v) is 4.20. The van der Waals surface area contributed by atoms with Crippen LogP contribution >= 0.6 is 23.2 Å². The monoisotopic (exact) mass is 254 g/mol. The Kier molecular flexibility index (Phi) is 2.74. The smallest absolute Gasteiger partial charge is 0.251 e. The number of benzene rings is 1. The van der Waals surface area contributed by atoms with Gasteiger partial charge in [0.25, 0.3) is 5.91 Å². The highest BCUT2D eigenvalue weighted by Gasteiger charge is 2.13. The minimum absolute atomic E-state index is 0.218. The van der Waals surface area contributed by atoms with Gasteiger partial charge >= 0.3 is 0 Å². The molecule has 3 nitrogen and oxygen atoms in total. The molecule has 82 valence electrons. The molecule has 1 aromatic carbocycles. The average Bonchev–Trinajstić information content (AvgIpc) is 2.23. The highest BCUT2D eigenvalue weighted by Crippen LogP contribution is 2.30. The molecule has 0 spiro atoms. The molecule has 0 fully saturated rings. The van der Waals surface area contributed by atoms with Gasteiger partial charge in [-0.2, -0.15) is 0 Å². The number of carbonyl (C=O) groups excluding carboxylic acids is 1. The quantitative estimate of drug-likeness (QED) is 0.851. The number of rotatable bonds is 1. The summed E-state index contributed by atoms with van der Waals surface area (Å²) in [4.78, 5) is 15.2. The highest BCUT2D eigenvalue weighted by molar-refractivity contribution is 6.39. The summed E-state index contributed by atoms with van der Waals surface area (Å²) >= 11 is 12.0. The molecule has 0 unspecified atom stereocenters. The van der Waals surface area contributed by atoms with Crippen molar-refractivity contribution in [1.82, 2.24) is 4.98 Å². The Labute approximate surface area is 102 Å². The van der Waals surface area contributed by atoms with Gasteiger partial charge in [0.2, 0.25) is 0 Å². The van der Waals surface area contributed by atoms with Crippen LogP contribution in [0.25, 0.3) is 10.9 Å². The van der Waals surface area contributed by atoms with Crippen LogP contribution in [0.2, 0.25) is 10.0 Å². The van der Waals surface area contributed by atoms with Gasteiger partial charge in [-0.1, -0.05) is 23.2 Å². The number of hydrogen-bond acceptors (Lipinski definition) is 2. The van der Waals surface area contributed by atoms with Gasteiger partial charge in [-0.05, 0) is 24.6 Å². The number of halogens is 2. The molecule has 0 aliphatic rings. The molecule has 0 atom stereocenters. The third-order valence-corrected chi connectivity index (χ3v) is 3.24. The Morgan fingerprint density at radius 3 is 2.69 bits per heavy atom. The minimum atomic E-state index is -0.591. The number of hydrogen-bond donors (Lipinski definition) is 1. The van der Waals surface area contributed by atoms with E-state index in [1.165, 1.54) is 6.20 Å². The topological polar surface area (TPSA) is 56.0 Å². The van der Waals surface area contributed by atoms with E-state index in [-0.39, 0.29) is 5.56 Å². The summed E-state index contributed by atoms with van der Waals surface area (Å²) in [5.41, 5.74) is 6.92. The van der Waals surface area contributed by atoms with E-state index in [1.807, 2.05) is 6.92 Å². The molecule has 0 bridgehead atoms. The number of nitrogens with two attached hydrogens (primary N) is 1. The third-order valence-electron chi connectivity index (χ3n) is 2.43. The molecule has 0 radical (unpaired) electrons. The molecule has 16 heavy (non-hydrogen) atoms. The Morgan fingerprint density at radius 2 is 2.06 bits per heavy atom. The standard InChI is InChI=1S/C11H8Cl2N2O/c1-5-8(12)3-2-6-9(13)7(11(14)16)4-15-10(5)6/h2-4H,1H3,(H2,14,16). The number of aryl methyl sites for hydroxylation is 1. The molecule has 0 aliphatic heterocycles. The molecule has 0 saturated carbocycles. The normalized spacial score (nSPS) is 10.7. The Hall–Kier alpha value is -1.32. The van der Waals surface area contributed by atoms with Crippen molar-refractivity contribution in [3.63, 3.8) is 0 Å². The predicted octanol–water partition coefficient (Wildman–Crippen LogP) is 2.95. The van der Waals surface area contributed by atoms with E-state index in [0.717, 1.165) is 5.56 Å². The van der Waals surface area contributed by atoms with Crippen LogP contribution < -0.4 is 5.73 Å². The second-order valence-electron chi connectivity index (χ2n) is 3.42. The van der Waals surface area contributed by atoms with E-state index in [9.17, 15) is 4.79 Å². The molecule has 2 aromatic rings. The summed E-state index contributed by atoms with van der Waals surface area (Å²) in [6.45, 7) is 1.85. The van der Waals surface area contributed by atoms with Gasteiger partial charge in [0, 0.05) is 16.6 Å². The molecule has 1 aromatic heterocycles. The second kappa shape index (κ2) is 3.92. The first kappa shape index (κ1) is 11.2. The lowest BCUT2D eigenvalue weighted by molar-refractivity contribution is 0.100. The average molecular weight is 255 g/mol. The SMILES string of the molecule is Cc1c(Cl)ccc2c(Cl)c(C(N)=O)cnc12. The lowest BCUT2D eigenvalue weighted by atomic mass is 10.1. The summed E-state index contributed by atoms with van der Waals surface area (Å²) in [5, 5.41) is 1.61. The van der Waals surface area contributed by atoms with Gasteiger partial charge in [-0.15, -0.1) is 0 Å². The van der Waals surface area contributed by atoms with Crippen molar-refractivity contribution in [2.24, 2.45) is 5.73 Å². The van der Waals surface area contributed by atoms with Crippen LogP contribution in [-0.2, 0) is 0 Å². The fourth-order valence-corrected chi connectivity index (χ4v) is 1.97. The zero-order valence-electron chi connectivity index (χ0n) is 8.42. The molecule has 0 aliphatic carbocycles. The fraction of sp³-hybridized carbons (Fsp3) is 0.0909. The molecule has 5 heteroatoms. The number of primary amides is 1. The van der Waals surface area contributed by atoms with Crippen molar-refractivity contribution >= 4 is 40.0 Å². The Bertz CT molecular complexity index is 596. The van der Waals surface area contributed by atoms with Crippen LogP contribution in [-0.4, -0.2) is 10.9 Å². The van der Waals surface area contributed by atoms with Crippen LogP contribution in [0.1, 0.15) is 15.9 Å². The largest absolute Gasteiger partial charge is 0.366 e. The van der Waals surface area contributed by atoms with E-state index in [0.29, 0.717) is 20.9 Å². The third kappa shape index (κ3) is 1.62. The lowest BCUT2D eigenvalue weighted by Gasteiger charge is -2.07. The number of fused-ring (bicyclic) bond motifs is 1. The Balaban J connectivity index is 2.87.